The zero-order chi connectivity index (χ0) is 14.0. The molecule has 1 aliphatic rings. The average molecular weight is 284 g/mol. The van der Waals surface area contributed by atoms with Gasteiger partial charge in [0.05, 0.1) is 6.54 Å². The van der Waals surface area contributed by atoms with Gasteiger partial charge in [-0.15, -0.1) is 0 Å². The molecule has 1 fully saturated rings. The Hall–Kier alpha value is -1.37. The molecule has 0 spiro atoms. The molecular formula is C12H20N4O2S. The number of anilines is 1. The van der Waals surface area contributed by atoms with Gasteiger partial charge in [0.15, 0.2) is 0 Å². The Kier molecular flexibility index (Phi) is 3.93. The first-order valence-electron chi connectivity index (χ1n) is 6.35. The molecule has 1 amide bonds. The smallest absolute Gasteiger partial charge is 0.409 e. The summed E-state index contributed by atoms with van der Waals surface area (Å²) in [7, 11) is 1.97. The summed E-state index contributed by atoms with van der Waals surface area (Å²) in [5, 5.41) is 0.887. The molecule has 0 radical (unpaired) electrons. The lowest BCUT2D eigenvalue weighted by molar-refractivity contribution is 0.159. The Morgan fingerprint density at radius 1 is 1.47 bits per heavy atom. The van der Waals surface area contributed by atoms with Gasteiger partial charge >= 0.3 is 6.09 Å². The molecule has 2 heterocycles. The van der Waals surface area contributed by atoms with Crippen LogP contribution in [0, 0.1) is 0 Å². The number of carbonyl (C=O) groups excluding carboxylic acids is 1. The van der Waals surface area contributed by atoms with Crippen LogP contribution in [0.1, 0.15) is 26.6 Å². The van der Waals surface area contributed by atoms with Gasteiger partial charge in [-0.1, -0.05) is 20.8 Å². The van der Waals surface area contributed by atoms with E-state index in [4.69, 9.17) is 4.74 Å². The van der Waals surface area contributed by atoms with Crippen LogP contribution in [-0.2, 0) is 10.2 Å². The second kappa shape index (κ2) is 5.32. The standard InChI is InChI=1S/C12H20N4O2S/c1-12(2,3)9-13-10(19-14-9)15(4)5-6-16-7-8-18-11(16)17/h5-8H2,1-4H3. The molecule has 1 aromatic rings. The minimum Gasteiger partial charge on any atom is -0.448 e. The van der Waals surface area contributed by atoms with Crippen molar-refractivity contribution in [1.82, 2.24) is 14.3 Å². The van der Waals surface area contributed by atoms with Crippen LogP contribution in [0.25, 0.3) is 0 Å². The maximum absolute atomic E-state index is 11.3. The minimum atomic E-state index is -0.221. The highest BCUT2D eigenvalue weighted by atomic mass is 32.1. The second-order valence-corrected chi connectivity index (χ2v) is 6.40. The summed E-state index contributed by atoms with van der Waals surface area (Å²) in [5.74, 6) is 0.861. The third kappa shape index (κ3) is 3.34. The fourth-order valence-electron chi connectivity index (χ4n) is 1.67. The molecule has 2 rings (SSSR count). The molecule has 1 aliphatic heterocycles. The minimum absolute atomic E-state index is 0.0334. The van der Waals surface area contributed by atoms with Gasteiger partial charge in [0.1, 0.15) is 12.4 Å². The normalized spacial score (nSPS) is 15.8. The molecule has 7 heteroatoms. The number of hydrogen-bond donors (Lipinski definition) is 0. The topological polar surface area (TPSA) is 58.6 Å². The van der Waals surface area contributed by atoms with Gasteiger partial charge in [0.25, 0.3) is 0 Å². The first kappa shape index (κ1) is 14.0. The van der Waals surface area contributed by atoms with Crippen molar-refractivity contribution in [3.63, 3.8) is 0 Å². The van der Waals surface area contributed by atoms with Crippen LogP contribution in [0.3, 0.4) is 0 Å². The van der Waals surface area contributed by atoms with Crippen LogP contribution in [-0.4, -0.2) is 53.6 Å². The lowest BCUT2D eigenvalue weighted by Gasteiger charge is -2.19. The number of aromatic nitrogens is 2. The summed E-state index contributed by atoms with van der Waals surface area (Å²) in [6, 6.07) is 0. The van der Waals surface area contributed by atoms with Crippen molar-refractivity contribution >= 4 is 22.8 Å². The Morgan fingerprint density at radius 3 is 2.74 bits per heavy atom. The highest BCUT2D eigenvalue weighted by molar-refractivity contribution is 7.09. The van der Waals surface area contributed by atoms with E-state index in [9.17, 15) is 4.79 Å². The lowest BCUT2D eigenvalue weighted by atomic mass is 9.96. The number of hydrogen-bond acceptors (Lipinski definition) is 6. The van der Waals surface area contributed by atoms with E-state index in [0.29, 0.717) is 19.7 Å². The molecule has 0 saturated carbocycles. The molecule has 0 bridgehead atoms. The van der Waals surface area contributed by atoms with E-state index in [1.807, 2.05) is 11.9 Å². The van der Waals surface area contributed by atoms with Crippen LogP contribution in [0.15, 0.2) is 0 Å². The van der Waals surface area contributed by atoms with Crippen LogP contribution in [0.5, 0.6) is 0 Å². The zero-order valence-corrected chi connectivity index (χ0v) is 12.7. The third-order valence-electron chi connectivity index (χ3n) is 2.96. The summed E-state index contributed by atoms with van der Waals surface area (Å²) >= 11 is 1.40. The van der Waals surface area contributed by atoms with Crippen LogP contribution in [0.2, 0.25) is 0 Å². The summed E-state index contributed by atoms with van der Waals surface area (Å²) in [4.78, 5) is 19.6. The van der Waals surface area contributed by atoms with Crippen LogP contribution in [0.4, 0.5) is 9.93 Å². The molecule has 1 aromatic heterocycles. The molecular weight excluding hydrogens is 264 g/mol. The Labute approximate surface area is 117 Å². The molecule has 6 nitrogen and oxygen atoms in total. The molecule has 19 heavy (non-hydrogen) atoms. The van der Waals surface area contributed by atoms with E-state index < -0.39 is 0 Å². The molecule has 0 atom stereocenters. The predicted octanol–water partition coefficient (Wildman–Crippen LogP) is 1.72. The maximum atomic E-state index is 11.3. The molecule has 0 aromatic carbocycles. The number of amides is 1. The van der Waals surface area contributed by atoms with Gasteiger partial charge in [0, 0.05) is 37.1 Å². The zero-order valence-electron chi connectivity index (χ0n) is 11.8. The average Bonchev–Trinajstić information content (AvgIpc) is 2.93. The van der Waals surface area contributed by atoms with E-state index in [2.05, 4.69) is 30.1 Å². The molecule has 0 N–H and O–H groups in total. The van der Waals surface area contributed by atoms with Crippen LogP contribution < -0.4 is 4.90 Å². The fraction of sp³-hybridized carbons (Fsp3) is 0.750. The Morgan fingerprint density at radius 2 is 2.21 bits per heavy atom. The van der Waals surface area contributed by atoms with E-state index in [-0.39, 0.29) is 11.5 Å². The first-order valence-corrected chi connectivity index (χ1v) is 7.12. The van der Waals surface area contributed by atoms with Crippen molar-refractivity contribution in [2.75, 3.05) is 38.2 Å². The molecule has 1 saturated heterocycles. The molecule has 0 aliphatic carbocycles. The summed E-state index contributed by atoms with van der Waals surface area (Å²) in [5.41, 5.74) is -0.0334. The van der Waals surface area contributed by atoms with Gasteiger partial charge in [-0.2, -0.15) is 4.37 Å². The first-order chi connectivity index (χ1) is 8.88. The predicted molar refractivity (Wildman–Crippen MR) is 74.8 cm³/mol. The van der Waals surface area contributed by atoms with Crippen molar-refractivity contribution in [2.45, 2.75) is 26.2 Å². The van der Waals surface area contributed by atoms with E-state index in [0.717, 1.165) is 17.5 Å². The number of likely N-dealkylation sites (N-methyl/N-ethyl adjacent to an activating group) is 1. The maximum Gasteiger partial charge on any atom is 0.409 e. The monoisotopic (exact) mass is 284 g/mol. The van der Waals surface area contributed by atoms with E-state index in [1.165, 1.54) is 11.5 Å². The van der Waals surface area contributed by atoms with Gasteiger partial charge in [-0.25, -0.2) is 9.78 Å². The summed E-state index contributed by atoms with van der Waals surface area (Å²) in [6.07, 6.45) is -0.221. The van der Waals surface area contributed by atoms with Gasteiger partial charge in [-0.05, 0) is 0 Å². The van der Waals surface area contributed by atoms with Crippen molar-refractivity contribution in [1.29, 1.82) is 0 Å². The van der Waals surface area contributed by atoms with Crippen molar-refractivity contribution in [3.8, 4) is 0 Å². The van der Waals surface area contributed by atoms with Gasteiger partial charge < -0.3 is 14.5 Å². The van der Waals surface area contributed by atoms with Crippen molar-refractivity contribution in [2.24, 2.45) is 0 Å². The van der Waals surface area contributed by atoms with Crippen molar-refractivity contribution < 1.29 is 9.53 Å². The molecule has 0 unspecified atom stereocenters. The Balaban J connectivity index is 1.91. The lowest BCUT2D eigenvalue weighted by Crippen LogP contribution is -2.33. The number of cyclic esters (lactones) is 1. The second-order valence-electron chi connectivity index (χ2n) is 5.67. The highest BCUT2D eigenvalue weighted by Crippen LogP contribution is 2.24. The van der Waals surface area contributed by atoms with E-state index >= 15 is 0 Å². The quantitative estimate of drug-likeness (QED) is 0.842. The Bertz CT molecular complexity index is 455. The summed E-state index contributed by atoms with van der Waals surface area (Å²) < 4.78 is 9.28. The number of rotatable bonds is 4. The number of ether oxygens (including phenoxy) is 1. The van der Waals surface area contributed by atoms with Crippen LogP contribution >= 0.6 is 11.5 Å². The largest absolute Gasteiger partial charge is 0.448 e. The number of carbonyl (C=O) groups is 1. The van der Waals surface area contributed by atoms with Gasteiger partial charge in [0.2, 0.25) is 5.13 Å². The van der Waals surface area contributed by atoms with E-state index in [1.54, 1.807) is 4.90 Å². The summed E-state index contributed by atoms with van der Waals surface area (Å²) in [6.45, 7) is 8.84. The third-order valence-corrected chi connectivity index (χ3v) is 3.79. The highest BCUT2D eigenvalue weighted by Gasteiger charge is 2.23. The number of nitrogens with zero attached hydrogens (tertiary/aromatic N) is 4. The molecule has 106 valence electrons. The van der Waals surface area contributed by atoms with Gasteiger partial charge in [-0.3, -0.25) is 0 Å². The van der Waals surface area contributed by atoms with Crippen molar-refractivity contribution in [3.05, 3.63) is 5.82 Å². The SMILES string of the molecule is CN(CCN1CCOC1=O)c1nc(C(C)(C)C)ns1. The fourth-order valence-corrected chi connectivity index (χ4v) is 2.51.